The van der Waals surface area contributed by atoms with Gasteiger partial charge in [-0.25, -0.2) is 0 Å². The number of aromatic nitrogens is 1. The van der Waals surface area contributed by atoms with Gasteiger partial charge in [-0.05, 0) is 30.7 Å². The number of alkyl halides is 3. The van der Waals surface area contributed by atoms with Crippen LogP contribution < -0.4 is 0 Å². The van der Waals surface area contributed by atoms with Gasteiger partial charge in [0.25, 0.3) is 0 Å². The van der Waals surface area contributed by atoms with E-state index in [1.807, 2.05) is 0 Å². The number of pyridine rings is 1. The van der Waals surface area contributed by atoms with Gasteiger partial charge in [-0.2, -0.15) is 13.2 Å². The highest BCUT2D eigenvalue weighted by molar-refractivity contribution is 5.55. The molecule has 2 heterocycles. The molecule has 5 heteroatoms. The summed E-state index contributed by atoms with van der Waals surface area (Å²) in [7, 11) is 0. The summed E-state index contributed by atoms with van der Waals surface area (Å²) >= 11 is 0. The van der Waals surface area contributed by atoms with Crippen LogP contribution in [-0.4, -0.2) is 9.51 Å². The van der Waals surface area contributed by atoms with Crippen molar-refractivity contribution >= 4 is 5.52 Å². The fourth-order valence-corrected chi connectivity index (χ4v) is 1.75. The molecule has 2 rings (SSSR count). The Morgan fingerprint density at radius 1 is 1.31 bits per heavy atom. The predicted octanol–water partition coefficient (Wildman–Crippen LogP) is 2.76. The van der Waals surface area contributed by atoms with Gasteiger partial charge in [-0.15, -0.1) is 0 Å². The second kappa shape index (κ2) is 3.52. The molecule has 0 spiro atoms. The second-order valence-electron chi connectivity index (χ2n) is 3.63. The van der Waals surface area contributed by atoms with E-state index >= 15 is 0 Å². The summed E-state index contributed by atoms with van der Waals surface area (Å²) in [5.74, 6) is 0. The monoisotopic (exact) mass is 229 g/mol. The van der Waals surface area contributed by atoms with Crippen LogP contribution in [0.3, 0.4) is 0 Å². The largest absolute Gasteiger partial charge is 0.418 e. The molecule has 0 atom stereocenters. The van der Waals surface area contributed by atoms with Gasteiger partial charge in [-0.1, -0.05) is 0 Å². The minimum Gasteiger partial charge on any atom is -0.392 e. The van der Waals surface area contributed by atoms with Gasteiger partial charge in [0.05, 0.1) is 12.2 Å². The Balaban J connectivity index is 2.68. The first kappa shape index (κ1) is 11.0. The van der Waals surface area contributed by atoms with Crippen LogP contribution in [0.1, 0.15) is 16.8 Å². The van der Waals surface area contributed by atoms with Crippen molar-refractivity contribution in [2.45, 2.75) is 19.7 Å². The summed E-state index contributed by atoms with van der Waals surface area (Å²) in [4.78, 5) is 0. The number of rotatable bonds is 1. The lowest BCUT2D eigenvalue weighted by atomic mass is 10.2. The van der Waals surface area contributed by atoms with Crippen molar-refractivity contribution < 1.29 is 18.3 Å². The molecule has 0 aliphatic carbocycles. The van der Waals surface area contributed by atoms with Crippen LogP contribution in [0.15, 0.2) is 24.4 Å². The SMILES string of the molecule is Cc1c(C(F)(F)F)cc2cc(CO)ccn12. The van der Waals surface area contributed by atoms with Crippen LogP contribution in [0, 0.1) is 6.92 Å². The van der Waals surface area contributed by atoms with Crippen LogP contribution in [0.5, 0.6) is 0 Å². The van der Waals surface area contributed by atoms with Gasteiger partial charge in [0.2, 0.25) is 0 Å². The average Bonchev–Trinajstić information content (AvgIpc) is 2.55. The van der Waals surface area contributed by atoms with Crippen molar-refractivity contribution in [3.63, 3.8) is 0 Å². The van der Waals surface area contributed by atoms with E-state index in [9.17, 15) is 13.2 Å². The van der Waals surface area contributed by atoms with E-state index in [-0.39, 0.29) is 12.3 Å². The molecule has 0 saturated carbocycles. The normalized spacial score (nSPS) is 12.3. The van der Waals surface area contributed by atoms with E-state index in [1.54, 1.807) is 12.1 Å². The van der Waals surface area contributed by atoms with E-state index in [2.05, 4.69) is 0 Å². The van der Waals surface area contributed by atoms with Crippen molar-refractivity contribution in [1.29, 1.82) is 0 Å². The Hall–Kier alpha value is -1.49. The molecule has 2 aromatic heterocycles. The molecule has 2 nitrogen and oxygen atoms in total. The Labute approximate surface area is 89.9 Å². The molecular weight excluding hydrogens is 219 g/mol. The highest BCUT2D eigenvalue weighted by Crippen LogP contribution is 2.33. The summed E-state index contributed by atoms with van der Waals surface area (Å²) in [5.41, 5.74) is 0.560. The molecule has 0 aromatic carbocycles. The fourth-order valence-electron chi connectivity index (χ4n) is 1.75. The van der Waals surface area contributed by atoms with E-state index in [0.717, 1.165) is 6.07 Å². The first-order valence-corrected chi connectivity index (χ1v) is 4.72. The average molecular weight is 229 g/mol. The van der Waals surface area contributed by atoms with Crippen LogP contribution in [-0.2, 0) is 12.8 Å². The van der Waals surface area contributed by atoms with Gasteiger partial charge in [-0.3, -0.25) is 0 Å². The van der Waals surface area contributed by atoms with E-state index in [4.69, 9.17) is 5.11 Å². The lowest BCUT2D eigenvalue weighted by Gasteiger charge is -2.05. The maximum absolute atomic E-state index is 12.6. The summed E-state index contributed by atoms with van der Waals surface area (Å²) < 4.78 is 39.3. The molecule has 0 bridgehead atoms. The predicted molar refractivity (Wildman–Crippen MR) is 53.1 cm³/mol. The summed E-state index contributed by atoms with van der Waals surface area (Å²) in [6.07, 6.45) is -2.80. The van der Waals surface area contributed by atoms with Crippen LogP contribution in [0.4, 0.5) is 13.2 Å². The van der Waals surface area contributed by atoms with Crippen molar-refractivity contribution in [2.75, 3.05) is 0 Å². The number of aliphatic hydroxyl groups excluding tert-OH is 1. The molecule has 0 unspecified atom stereocenters. The van der Waals surface area contributed by atoms with Crippen molar-refractivity contribution in [1.82, 2.24) is 4.40 Å². The number of nitrogens with zero attached hydrogens (tertiary/aromatic N) is 1. The van der Waals surface area contributed by atoms with Crippen molar-refractivity contribution in [2.24, 2.45) is 0 Å². The molecule has 0 fully saturated rings. The minimum absolute atomic E-state index is 0.159. The minimum atomic E-state index is -4.34. The highest BCUT2D eigenvalue weighted by atomic mass is 19.4. The maximum Gasteiger partial charge on any atom is 0.418 e. The first-order chi connectivity index (χ1) is 7.43. The molecule has 0 radical (unpaired) electrons. The second-order valence-corrected chi connectivity index (χ2v) is 3.63. The topological polar surface area (TPSA) is 24.6 Å². The standard InChI is InChI=1S/C11H10F3NO/c1-7-10(11(12,13)14)5-9-4-8(6-16)2-3-15(7)9/h2-5,16H,6H2,1H3. The van der Waals surface area contributed by atoms with Crippen molar-refractivity contribution in [3.8, 4) is 0 Å². The van der Waals surface area contributed by atoms with Gasteiger partial charge >= 0.3 is 6.18 Å². The van der Waals surface area contributed by atoms with Gasteiger partial charge in [0, 0.05) is 17.4 Å². The zero-order valence-electron chi connectivity index (χ0n) is 8.54. The third-order valence-corrected chi connectivity index (χ3v) is 2.58. The van der Waals surface area contributed by atoms with Crippen LogP contribution in [0.25, 0.3) is 5.52 Å². The molecule has 0 aliphatic heterocycles. The zero-order valence-corrected chi connectivity index (χ0v) is 8.54. The summed E-state index contributed by atoms with van der Waals surface area (Å²) in [6.45, 7) is 1.25. The molecule has 0 amide bonds. The van der Waals surface area contributed by atoms with Crippen molar-refractivity contribution in [3.05, 3.63) is 41.2 Å². The third kappa shape index (κ3) is 1.67. The van der Waals surface area contributed by atoms with Crippen LogP contribution in [0.2, 0.25) is 0 Å². The van der Waals surface area contributed by atoms with Gasteiger partial charge in [0.1, 0.15) is 0 Å². The lowest BCUT2D eigenvalue weighted by Crippen LogP contribution is -2.05. The third-order valence-electron chi connectivity index (χ3n) is 2.58. The summed E-state index contributed by atoms with van der Waals surface area (Å²) in [6, 6.07) is 4.23. The first-order valence-electron chi connectivity index (χ1n) is 4.72. The van der Waals surface area contributed by atoms with Crippen LogP contribution >= 0.6 is 0 Å². The van der Waals surface area contributed by atoms with E-state index in [1.165, 1.54) is 17.5 Å². The number of aryl methyl sites for hydroxylation is 1. The van der Waals surface area contributed by atoms with E-state index < -0.39 is 11.7 Å². The van der Waals surface area contributed by atoms with Gasteiger partial charge < -0.3 is 9.51 Å². The number of fused-ring (bicyclic) bond motifs is 1. The summed E-state index contributed by atoms with van der Waals surface area (Å²) in [5, 5.41) is 8.90. The molecular formula is C11H10F3NO. The molecule has 86 valence electrons. The smallest absolute Gasteiger partial charge is 0.392 e. The number of halogens is 3. The lowest BCUT2D eigenvalue weighted by molar-refractivity contribution is -0.137. The van der Waals surface area contributed by atoms with Gasteiger partial charge in [0.15, 0.2) is 0 Å². The number of hydrogen-bond donors (Lipinski definition) is 1. The molecule has 2 aromatic rings. The number of aliphatic hydroxyl groups is 1. The Bertz CT molecular complexity index is 528. The zero-order chi connectivity index (χ0) is 11.9. The molecule has 16 heavy (non-hydrogen) atoms. The molecule has 0 aliphatic rings. The molecule has 1 N–H and O–H groups in total. The Kier molecular flexibility index (Phi) is 2.42. The fraction of sp³-hybridized carbons (Fsp3) is 0.273. The number of hydrogen-bond acceptors (Lipinski definition) is 1. The quantitative estimate of drug-likeness (QED) is 0.799. The Morgan fingerprint density at radius 2 is 2.00 bits per heavy atom. The van der Waals surface area contributed by atoms with E-state index in [0.29, 0.717) is 11.1 Å². The Morgan fingerprint density at radius 3 is 2.56 bits per heavy atom. The maximum atomic E-state index is 12.6. The highest BCUT2D eigenvalue weighted by Gasteiger charge is 2.34. The molecule has 0 saturated heterocycles.